The van der Waals surface area contributed by atoms with E-state index >= 15 is 0 Å². The van der Waals surface area contributed by atoms with Crippen molar-refractivity contribution in [3.8, 4) is 10.8 Å². The quantitative estimate of drug-likeness (QED) is 0.570. The summed E-state index contributed by atoms with van der Waals surface area (Å²) in [4.78, 5) is 17.5. The lowest BCUT2D eigenvalue weighted by atomic mass is 9.89. The van der Waals surface area contributed by atoms with Crippen LogP contribution in [0.1, 0.15) is 52.4 Å². The van der Waals surface area contributed by atoms with Crippen molar-refractivity contribution < 1.29 is 9.21 Å². The van der Waals surface area contributed by atoms with Crippen molar-refractivity contribution in [2.24, 2.45) is 5.92 Å². The summed E-state index contributed by atoms with van der Waals surface area (Å²) in [6, 6.07) is 11.9. The second kappa shape index (κ2) is 8.20. The van der Waals surface area contributed by atoms with Gasteiger partial charge in [0.15, 0.2) is 5.78 Å². The highest BCUT2D eigenvalue weighted by Crippen LogP contribution is 2.35. The minimum atomic E-state index is 0.115. The number of thiophene rings is 1. The Morgan fingerprint density at radius 2 is 1.90 bits per heavy atom. The van der Waals surface area contributed by atoms with Crippen molar-refractivity contribution >= 4 is 17.1 Å². The molecule has 0 spiro atoms. The predicted octanol–water partition coefficient (Wildman–Crippen LogP) is 4.77. The Morgan fingerprint density at radius 3 is 2.69 bits per heavy atom. The molecule has 2 aliphatic rings. The molecular formula is C23H25N3O2S. The van der Waals surface area contributed by atoms with Gasteiger partial charge in [0.05, 0.1) is 11.4 Å². The van der Waals surface area contributed by atoms with E-state index in [1.165, 1.54) is 36.1 Å². The average molecular weight is 408 g/mol. The van der Waals surface area contributed by atoms with Gasteiger partial charge in [0.1, 0.15) is 0 Å². The standard InChI is InChI=1S/C23H25N3O2S/c27-22(16-6-2-1-3-7-16)17-10-12-26(13-11-17)15-21-24-25-23(28-21)20-14-18-8-4-5-9-19(18)29-20/h1-3,6-7,14,17H,4-5,8-13,15H2. The molecule has 1 aliphatic heterocycles. The SMILES string of the molecule is O=C(c1ccccc1)C1CCN(Cc2nnc(-c3cc4c(s3)CCCC4)o2)CC1. The smallest absolute Gasteiger partial charge is 0.257 e. The molecule has 1 saturated heterocycles. The van der Waals surface area contributed by atoms with Crippen LogP contribution < -0.4 is 0 Å². The molecule has 0 amide bonds. The first-order chi connectivity index (χ1) is 14.3. The van der Waals surface area contributed by atoms with E-state index in [-0.39, 0.29) is 11.7 Å². The predicted molar refractivity (Wildman–Crippen MR) is 113 cm³/mol. The van der Waals surface area contributed by atoms with E-state index in [2.05, 4.69) is 21.2 Å². The Bertz CT molecular complexity index is 963. The maximum Gasteiger partial charge on any atom is 0.257 e. The number of Topliss-reactive ketones (excluding diaryl/α,β-unsaturated/α-hetero) is 1. The molecule has 5 nitrogen and oxygen atoms in total. The highest BCUT2D eigenvalue weighted by atomic mass is 32.1. The number of benzene rings is 1. The third kappa shape index (κ3) is 4.05. The Morgan fingerprint density at radius 1 is 1.10 bits per heavy atom. The molecular weight excluding hydrogens is 382 g/mol. The Hall–Kier alpha value is -2.31. The van der Waals surface area contributed by atoms with Crippen LogP contribution in [0.5, 0.6) is 0 Å². The van der Waals surface area contributed by atoms with Crippen molar-refractivity contribution in [2.75, 3.05) is 13.1 Å². The van der Waals surface area contributed by atoms with Crippen LogP contribution in [-0.4, -0.2) is 34.0 Å². The lowest BCUT2D eigenvalue weighted by molar-refractivity contribution is 0.0828. The van der Waals surface area contributed by atoms with Gasteiger partial charge in [0.25, 0.3) is 5.89 Å². The van der Waals surface area contributed by atoms with E-state index < -0.39 is 0 Å². The largest absolute Gasteiger partial charge is 0.419 e. The fraction of sp³-hybridized carbons (Fsp3) is 0.435. The molecule has 1 fully saturated rings. The van der Waals surface area contributed by atoms with Crippen LogP contribution in [0, 0.1) is 5.92 Å². The summed E-state index contributed by atoms with van der Waals surface area (Å²) in [6.07, 6.45) is 6.67. The number of carbonyl (C=O) groups is 1. The van der Waals surface area contributed by atoms with Gasteiger partial charge in [0.2, 0.25) is 5.89 Å². The van der Waals surface area contributed by atoms with Gasteiger partial charge < -0.3 is 4.42 Å². The fourth-order valence-corrected chi connectivity index (χ4v) is 5.57. The molecule has 3 aromatic rings. The fourth-order valence-electron chi connectivity index (χ4n) is 4.40. The number of likely N-dealkylation sites (tertiary alicyclic amines) is 1. The van der Waals surface area contributed by atoms with E-state index in [4.69, 9.17) is 4.42 Å². The molecule has 5 rings (SSSR count). The van der Waals surface area contributed by atoms with Crippen LogP contribution in [0.25, 0.3) is 10.8 Å². The lowest BCUT2D eigenvalue weighted by Gasteiger charge is -2.30. The minimum absolute atomic E-state index is 0.115. The Labute approximate surface area is 174 Å². The van der Waals surface area contributed by atoms with Gasteiger partial charge in [-0.25, -0.2) is 0 Å². The van der Waals surface area contributed by atoms with E-state index in [9.17, 15) is 4.79 Å². The summed E-state index contributed by atoms with van der Waals surface area (Å²) in [7, 11) is 0. The van der Waals surface area contributed by atoms with Crippen molar-refractivity contribution in [3.05, 3.63) is 58.3 Å². The number of nitrogens with zero attached hydrogens (tertiary/aromatic N) is 3. The highest BCUT2D eigenvalue weighted by molar-refractivity contribution is 7.15. The lowest BCUT2D eigenvalue weighted by Crippen LogP contribution is -2.36. The van der Waals surface area contributed by atoms with Crippen molar-refractivity contribution in [3.63, 3.8) is 0 Å². The average Bonchev–Trinajstić information content (AvgIpc) is 3.41. The minimum Gasteiger partial charge on any atom is -0.419 e. The first-order valence-corrected chi connectivity index (χ1v) is 11.3. The van der Waals surface area contributed by atoms with Crippen LogP contribution in [0.2, 0.25) is 0 Å². The Balaban J connectivity index is 1.18. The molecule has 0 radical (unpaired) electrons. The van der Waals surface area contributed by atoms with Gasteiger partial charge in [-0.3, -0.25) is 9.69 Å². The van der Waals surface area contributed by atoms with Gasteiger partial charge in [-0.2, -0.15) is 0 Å². The molecule has 0 N–H and O–H groups in total. The molecule has 1 aromatic carbocycles. The molecule has 3 heterocycles. The molecule has 0 bridgehead atoms. The van der Waals surface area contributed by atoms with E-state index in [1.807, 2.05) is 30.3 Å². The normalized spacial score (nSPS) is 17.9. The molecule has 150 valence electrons. The van der Waals surface area contributed by atoms with Crippen molar-refractivity contribution in [1.29, 1.82) is 0 Å². The van der Waals surface area contributed by atoms with E-state index in [0.29, 0.717) is 18.3 Å². The summed E-state index contributed by atoms with van der Waals surface area (Å²) in [6.45, 7) is 2.42. The summed E-state index contributed by atoms with van der Waals surface area (Å²) in [5.74, 6) is 1.70. The number of fused-ring (bicyclic) bond motifs is 1. The van der Waals surface area contributed by atoms with E-state index in [0.717, 1.165) is 36.4 Å². The highest BCUT2D eigenvalue weighted by Gasteiger charge is 2.27. The topological polar surface area (TPSA) is 59.2 Å². The van der Waals surface area contributed by atoms with Crippen LogP contribution in [-0.2, 0) is 19.4 Å². The number of carbonyl (C=O) groups excluding carboxylic acids is 1. The summed E-state index contributed by atoms with van der Waals surface area (Å²) in [5.41, 5.74) is 2.28. The zero-order valence-electron chi connectivity index (χ0n) is 16.5. The first-order valence-electron chi connectivity index (χ1n) is 10.5. The zero-order valence-corrected chi connectivity index (χ0v) is 17.3. The summed E-state index contributed by atoms with van der Waals surface area (Å²) >= 11 is 1.80. The molecule has 0 saturated carbocycles. The van der Waals surface area contributed by atoms with Gasteiger partial charge >= 0.3 is 0 Å². The van der Waals surface area contributed by atoms with Gasteiger partial charge in [-0.05, 0) is 63.2 Å². The maximum absolute atomic E-state index is 12.7. The van der Waals surface area contributed by atoms with Gasteiger partial charge in [0, 0.05) is 16.4 Å². The Kier molecular flexibility index (Phi) is 5.29. The van der Waals surface area contributed by atoms with Crippen LogP contribution >= 0.6 is 11.3 Å². The van der Waals surface area contributed by atoms with Crippen LogP contribution in [0.4, 0.5) is 0 Å². The van der Waals surface area contributed by atoms with E-state index in [1.54, 1.807) is 11.3 Å². The van der Waals surface area contributed by atoms with Crippen LogP contribution in [0.3, 0.4) is 0 Å². The summed E-state index contributed by atoms with van der Waals surface area (Å²) in [5, 5.41) is 8.57. The monoisotopic (exact) mass is 407 g/mol. The number of hydrogen-bond donors (Lipinski definition) is 0. The molecule has 0 atom stereocenters. The number of aromatic nitrogens is 2. The summed E-state index contributed by atoms with van der Waals surface area (Å²) < 4.78 is 5.97. The molecule has 1 aliphatic carbocycles. The van der Waals surface area contributed by atoms with Gasteiger partial charge in [-0.1, -0.05) is 30.3 Å². The maximum atomic E-state index is 12.7. The zero-order chi connectivity index (χ0) is 19.6. The van der Waals surface area contributed by atoms with Crippen molar-refractivity contribution in [2.45, 2.75) is 45.1 Å². The van der Waals surface area contributed by atoms with Crippen molar-refractivity contribution in [1.82, 2.24) is 15.1 Å². The number of piperidine rings is 1. The number of aryl methyl sites for hydroxylation is 2. The second-order valence-corrected chi connectivity index (χ2v) is 9.18. The molecule has 6 heteroatoms. The second-order valence-electron chi connectivity index (χ2n) is 8.05. The van der Waals surface area contributed by atoms with Gasteiger partial charge in [-0.15, -0.1) is 21.5 Å². The molecule has 29 heavy (non-hydrogen) atoms. The number of ketones is 1. The number of hydrogen-bond acceptors (Lipinski definition) is 6. The third-order valence-corrected chi connectivity index (χ3v) is 7.27. The molecule has 0 unspecified atom stereocenters. The third-order valence-electron chi connectivity index (χ3n) is 6.05. The number of rotatable bonds is 5. The van der Waals surface area contributed by atoms with Crippen LogP contribution in [0.15, 0.2) is 40.8 Å². The first kappa shape index (κ1) is 18.7. The molecule has 2 aromatic heterocycles.